The molecule has 0 aromatic heterocycles. The summed E-state index contributed by atoms with van der Waals surface area (Å²) in [6.07, 6.45) is 8.71. The predicted octanol–water partition coefficient (Wildman–Crippen LogP) is 2.48. The molecule has 0 radical (unpaired) electrons. The van der Waals surface area contributed by atoms with Crippen LogP contribution in [-0.4, -0.2) is 11.9 Å². The van der Waals surface area contributed by atoms with Crippen LogP contribution in [0.2, 0.25) is 0 Å². The van der Waals surface area contributed by atoms with Crippen LogP contribution in [-0.2, 0) is 4.79 Å². The van der Waals surface area contributed by atoms with E-state index >= 15 is 0 Å². The first-order valence-electron chi connectivity index (χ1n) is 6.09. The molecule has 1 amide bonds. The highest BCUT2D eigenvalue weighted by atomic mass is 16.2. The van der Waals surface area contributed by atoms with Crippen LogP contribution >= 0.6 is 0 Å². The van der Waals surface area contributed by atoms with Gasteiger partial charge in [-0.2, -0.15) is 0 Å². The molecule has 80 valence electrons. The van der Waals surface area contributed by atoms with Crippen molar-refractivity contribution in [3.05, 3.63) is 0 Å². The second-order valence-electron chi connectivity index (χ2n) is 4.96. The smallest absolute Gasteiger partial charge is 0.220 e. The molecule has 0 spiro atoms. The fourth-order valence-electron chi connectivity index (χ4n) is 3.04. The Kier molecular flexibility index (Phi) is 3.09. The minimum absolute atomic E-state index is 0.288. The first-order chi connectivity index (χ1) is 6.79. The number of amides is 1. The SMILES string of the molecule is CCCCC1CCC2NC(=O)CC2C1. The molecule has 14 heavy (non-hydrogen) atoms. The van der Waals surface area contributed by atoms with Crippen molar-refractivity contribution >= 4 is 5.91 Å². The molecule has 2 heteroatoms. The molecule has 2 rings (SSSR count). The van der Waals surface area contributed by atoms with Gasteiger partial charge in [-0.15, -0.1) is 0 Å². The molecule has 2 nitrogen and oxygen atoms in total. The minimum Gasteiger partial charge on any atom is -0.353 e. The van der Waals surface area contributed by atoms with Crippen molar-refractivity contribution in [2.45, 2.75) is 57.9 Å². The van der Waals surface area contributed by atoms with Crippen molar-refractivity contribution < 1.29 is 4.79 Å². The van der Waals surface area contributed by atoms with Gasteiger partial charge in [0.15, 0.2) is 0 Å². The van der Waals surface area contributed by atoms with Crippen molar-refractivity contribution in [1.82, 2.24) is 5.32 Å². The zero-order chi connectivity index (χ0) is 9.97. The summed E-state index contributed by atoms with van der Waals surface area (Å²) in [7, 11) is 0. The zero-order valence-electron chi connectivity index (χ0n) is 9.09. The topological polar surface area (TPSA) is 29.1 Å². The van der Waals surface area contributed by atoms with Crippen molar-refractivity contribution in [3.8, 4) is 0 Å². The van der Waals surface area contributed by atoms with Gasteiger partial charge in [-0.3, -0.25) is 4.79 Å². The average Bonchev–Trinajstić information content (AvgIpc) is 2.54. The van der Waals surface area contributed by atoms with Crippen molar-refractivity contribution in [3.63, 3.8) is 0 Å². The summed E-state index contributed by atoms with van der Waals surface area (Å²) >= 11 is 0. The summed E-state index contributed by atoms with van der Waals surface area (Å²) < 4.78 is 0. The minimum atomic E-state index is 0.288. The van der Waals surface area contributed by atoms with Gasteiger partial charge in [-0.1, -0.05) is 26.2 Å². The summed E-state index contributed by atoms with van der Waals surface area (Å²) in [5, 5.41) is 3.09. The number of nitrogens with one attached hydrogen (secondary N) is 1. The second kappa shape index (κ2) is 4.33. The quantitative estimate of drug-likeness (QED) is 0.736. The van der Waals surface area contributed by atoms with Gasteiger partial charge < -0.3 is 5.32 Å². The Bertz CT molecular complexity index is 214. The Hall–Kier alpha value is -0.530. The van der Waals surface area contributed by atoms with Gasteiger partial charge in [-0.25, -0.2) is 0 Å². The molecule has 1 saturated carbocycles. The monoisotopic (exact) mass is 195 g/mol. The van der Waals surface area contributed by atoms with Gasteiger partial charge in [0.05, 0.1) is 0 Å². The number of carbonyl (C=O) groups is 1. The van der Waals surface area contributed by atoms with Crippen LogP contribution < -0.4 is 5.32 Å². The van der Waals surface area contributed by atoms with Crippen LogP contribution in [0.25, 0.3) is 0 Å². The lowest BCUT2D eigenvalue weighted by Crippen LogP contribution is -2.33. The molecule has 1 heterocycles. The highest BCUT2D eigenvalue weighted by Gasteiger charge is 2.36. The van der Waals surface area contributed by atoms with Crippen molar-refractivity contribution in [1.29, 1.82) is 0 Å². The van der Waals surface area contributed by atoms with E-state index in [1.54, 1.807) is 0 Å². The van der Waals surface area contributed by atoms with Crippen LogP contribution in [0.5, 0.6) is 0 Å². The van der Waals surface area contributed by atoms with E-state index in [9.17, 15) is 4.79 Å². The molecule has 1 aliphatic carbocycles. The van der Waals surface area contributed by atoms with Crippen molar-refractivity contribution in [2.24, 2.45) is 11.8 Å². The fourth-order valence-corrected chi connectivity index (χ4v) is 3.04. The summed E-state index contributed by atoms with van der Waals surface area (Å²) in [5.74, 6) is 1.86. The van der Waals surface area contributed by atoms with E-state index in [0.717, 1.165) is 12.3 Å². The van der Waals surface area contributed by atoms with E-state index in [1.165, 1.54) is 38.5 Å². The molecular formula is C12H21NO. The molecule has 2 fully saturated rings. The molecule has 0 bridgehead atoms. The largest absolute Gasteiger partial charge is 0.353 e. The second-order valence-corrected chi connectivity index (χ2v) is 4.96. The lowest BCUT2D eigenvalue weighted by atomic mass is 9.77. The highest BCUT2D eigenvalue weighted by Crippen LogP contribution is 2.36. The Balaban J connectivity index is 1.82. The highest BCUT2D eigenvalue weighted by molar-refractivity contribution is 5.79. The van der Waals surface area contributed by atoms with Gasteiger partial charge in [0.25, 0.3) is 0 Å². The van der Waals surface area contributed by atoms with Gasteiger partial charge in [0, 0.05) is 12.5 Å². The van der Waals surface area contributed by atoms with E-state index in [2.05, 4.69) is 12.2 Å². The normalized spacial score (nSPS) is 36.6. The Morgan fingerprint density at radius 1 is 1.43 bits per heavy atom. The van der Waals surface area contributed by atoms with E-state index < -0.39 is 0 Å². The summed E-state index contributed by atoms with van der Waals surface area (Å²) in [6.45, 7) is 2.26. The molecule has 2 aliphatic rings. The van der Waals surface area contributed by atoms with Crippen LogP contribution in [0.4, 0.5) is 0 Å². The van der Waals surface area contributed by atoms with Crippen LogP contribution in [0.3, 0.4) is 0 Å². The van der Waals surface area contributed by atoms with Gasteiger partial charge in [-0.05, 0) is 31.1 Å². The summed E-state index contributed by atoms with van der Waals surface area (Å²) in [5.41, 5.74) is 0. The first-order valence-corrected chi connectivity index (χ1v) is 6.09. The number of unbranched alkanes of at least 4 members (excludes halogenated alkanes) is 1. The van der Waals surface area contributed by atoms with Crippen LogP contribution in [0.15, 0.2) is 0 Å². The molecule has 1 aliphatic heterocycles. The van der Waals surface area contributed by atoms with E-state index in [0.29, 0.717) is 12.0 Å². The Morgan fingerprint density at radius 2 is 2.29 bits per heavy atom. The maximum Gasteiger partial charge on any atom is 0.220 e. The third-order valence-electron chi connectivity index (χ3n) is 3.85. The molecule has 1 N–H and O–H groups in total. The zero-order valence-corrected chi connectivity index (χ0v) is 9.09. The predicted molar refractivity (Wildman–Crippen MR) is 56.9 cm³/mol. The molecular weight excluding hydrogens is 174 g/mol. The Labute approximate surface area is 86.5 Å². The number of rotatable bonds is 3. The van der Waals surface area contributed by atoms with Gasteiger partial charge >= 0.3 is 0 Å². The fraction of sp³-hybridized carbons (Fsp3) is 0.917. The molecule has 0 aromatic rings. The van der Waals surface area contributed by atoms with E-state index in [4.69, 9.17) is 0 Å². The number of carbonyl (C=O) groups excluding carboxylic acids is 1. The molecule has 0 aromatic carbocycles. The Morgan fingerprint density at radius 3 is 3.07 bits per heavy atom. The van der Waals surface area contributed by atoms with Gasteiger partial charge in [0.1, 0.15) is 0 Å². The summed E-state index contributed by atoms with van der Waals surface area (Å²) in [4.78, 5) is 11.2. The summed E-state index contributed by atoms with van der Waals surface area (Å²) in [6, 6.07) is 0.528. The first kappa shape index (κ1) is 10.0. The maximum absolute atomic E-state index is 11.2. The lowest BCUT2D eigenvalue weighted by molar-refractivity contribution is -0.119. The van der Waals surface area contributed by atoms with Crippen LogP contribution in [0.1, 0.15) is 51.9 Å². The molecule has 1 saturated heterocycles. The lowest BCUT2D eigenvalue weighted by Gasteiger charge is -2.30. The third kappa shape index (κ3) is 2.10. The van der Waals surface area contributed by atoms with Gasteiger partial charge in [0.2, 0.25) is 5.91 Å². The standard InChI is InChI=1S/C12H21NO/c1-2-3-4-9-5-6-11-10(7-9)8-12(14)13-11/h9-11H,2-8H2,1H3,(H,13,14). The number of fused-ring (bicyclic) bond motifs is 1. The molecule has 3 atom stereocenters. The third-order valence-corrected chi connectivity index (χ3v) is 3.85. The molecule has 3 unspecified atom stereocenters. The number of hydrogen-bond donors (Lipinski definition) is 1. The van der Waals surface area contributed by atoms with Crippen molar-refractivity contribution in [2.75, 3.05) is 0 Å². The maximum atomic E-state index is 11.2. The van der Waals surface area contributed by atoms with E-state index in [1.807, 2.05) is 0 Å². The average molecular weight is 195 g/mol. The van der Waals surface area contributed by atoms with Crippen LogP contribution in [0, 0.1) is 11.8 Å². The van der Waals surface area contributed by atoms with E-state index in [-0.39, 0.29) is 5.91 Å². The number of hydrogen-bond acceptors (Lipinski definition) is 1.